The lowest BCUT2D eigenvalue weighted by Crippen LogP contribution is -2.46. The molecule has 1 aromatic heterocycles. The number of aliphatic imine (C=N–C) groups is 1. The molecule has 0 atom stereocenters. The molecule has 0 saturated heterocycles. The largest absolute Gasteiger partial charge is 0.363 e. The van der Waals surface area contributed by atoms with E-state index in [-0.39, 0.29) is 24.0 Å². The van der Waals surface area contributed by atoms with E-state index >= 15 is 0 Å². The van der Waals surface area contributed by atoms with Crippen molar-refractivity contribution in [2.75, 3.05) is 32.6 Å². The van der Waals surface area contributed by atoms with Gasteiger partial charge in [0, 0.05) is 40.4 Å². The number of aromatic nitrogens is 1. The lowest BCUT2D eigenvalue weighted by molar-refractivity contribution is 0.131. The molecule has 0 spiro atoms. The minimum atomic E-state index is 0. The highest BCUT2D eigenvalue weighted by Gasteiger charge is 2.34. The Kier molecular flexibility index (Phi) is 8.08. The molecule has 0 aromatic carbocycles. The van der Waals surface area contributed by atoms with Crippen LogP contribution >= 0.6 is 24.0 Å². The van der Waals surface area contributed by atoms with E-state index in [4.69, 9.17) is 0 Å². The average molecular weight is 431 g/mol. The van der Waals surface area contributed by atoms with Crippen LogP contribution in [0.25, 0.3) is 0 Å². The summed E-state index contributed by atoms with van der Waals surface area (Å²) in [5.74, 6) is 1.85. The highest BCUT2D eigenvalue weighted by Crippen LogP contribution is 2.42. The van der Waals surface area contributed by atoms with Crippen molar-refractivity contribution in [3.8, 4) is 0 Å². The first-order valence-corrected chi connectivity index (χ1v) is 8.15. The van der Waals surface area contributed by atoms with E-state index < -0.39 is 0 Å². The van der Waals surface area contributed by atoms with Crippen molar-refractivity contribution in [2.45, 2.75) is 39.2 Å². The van der Waals surface area contributed by atoms with Gasteiger partial charge in [0.15, 0.2) is 5.96 Å². The summed E-state index contributed by atoms with van der Waals surface area (Å²) in [4.78, 5) is 10.7. The fourth-order valence-corrected chi connectivity index (χ4v) is 2.82. The van der Waals surface area contributed by atoms with Crippen LogP contribution in [0, 0.1) is 5.41 Å². The zero-order chi connectivity index (χ0) is 16.0. The van der Waals surface area contributed by atoms with E-state index in [0.29, 0.717) is 5.41 Å². The fraction of sp³-hybridized carbons (Fsp3) is 0.647. The number of halogens is 1. The van der Waals surface area contributed by atoms with Crippen LogP contribution in [0.2, 0.25) is 0 Å². The molecule has 2 rings (SSSR count). The van der Waals surface area contributed by atoms with Crippen LogP contribution < -0.4 is 15.5 Å². The zero-order valence-corrected chi connectivity index (χ0v) is 17.1. The van der Waals surface area contributed by atoms with Crippen LogP contribution in [-0.4, -0.2) is 38.6 Å². The number of pyridine rings is 1. The van der Waals surface area contributed by atoms with Crippen LogP contribution in [-0.2, 0) is 6.54 Å². The molecule has 6 heteroatoms. The Bertz CT molecular complexity index is 506. The summed E-state index contributed by atoms with van der Waals surface area (Å²) in [5.41, 5.74) is 1.70. The molecule has 0 amide bonds. The lowest BCUT2D eigenvalue weighted by Gasteiger charge is -2.41. The van der Waals surface area contributed by atoms with Gasteiger partial charge >= 0.3 is 0 Å². The van der Waals surface area contributed by atoms with E-state index in [2.05, 4.69) is 33.6 Å². The second kappa shape index (κ2) is 9.30. The van der Waals surface area contributed by atoms with Crippen molar-refractivity contribution in [3.05, 3.63) is 23.9 Å². The maximum Gasteiger partial charge on any atom is 0.191 e. The summed E-state index contributed by atoms with van der Waals surface area (Å²) in [6, 6.07) is 4.13. The van der Waals surface area contributed by atoms with Crippen molar-refractivity contribution < 1.29 is 0 Å². The monoisotopic (exact) mass is 431 g/mol. The Labute approximate surface area is 157 Å². The molecule has 0 aliphatic heterocycles. The molecule has 130 valence electrons. The van der Waals surface area contributed by atoms with E-state index in [1.54, 1.807) is 0 Å². The molecule has 2 N–H and O–H groups in total. The first-order chi connectivity index (χ1) is 10.6. The Hall–Kier alpha value is -1.05. The minimum absolute atomic E-state index is 0. The maximum atomic E-state index is 4.34. The number of hydrogen-bond donors (Lipinski definition) is 2. The van der Waals surface area contributed by atoms with Gasteiger partial charge in [0.1, 0.15) is 5.82 Å². The molecule has 1 aliphatic carbocycles. The Balaban J connectivity index is 0.00000264. The summed E-state index contributed by atoms with van der Waals surface area (Å²) < 4.78 is 0. The normalized spacial score (nSPS) is 16.1. The molecule has 1 aliphatic rings. The molecule has 0 bridgehead atoms. The van der Waals surface area contributed by atoms with Crippen molar-refractivity contribution in [2.24, 2.45) is 10.4 Å². The number of hydrogen-bond acceptors (Lipinski definition) is 3. The third-order valence-electron chi connectivity index (χ3n) is 4.75. The molecule has 23 heavy (non-hydrogen) atoms. The van der Waals surface area contributed by atoms with Gasteiger partial charge in [-0.25, -0.2) is 4.98 Å². The predicted octanol–water partition coefficient (Wildman–Crippen LogP) is 3.01. The quantitative estimate of drug-likeness (QED) is 0.413. The van der Waals surface area contributed by atoms with Crippen LogP contribution in [0.15, 0.2) is 23.3 Å². The topological polar surface area (TPSA) is 52.6 Å². The number of rotatable bonds is 6. The maximum absolute atomic E-state index is 4.34. The van der Waals surface area contributed by atoms with Crippen molar-refractivity contribution in [1.29, 1.82) is 0 Å². The van der Waals surface area contributed by atoms with Crippen LogP contribution in [0.5, 0.6) is 0 Å². The molecule has 1 saturated carbocycles. The van der Waals surface area contributed by atoms with E-state index in [1.807, 2.05) is 38.3 Å². The van der Waals surface area contributed by atoms with Gasteiger partial charge < -0.3 is 15.5 Å². The molecule has 1 aromatic rings. The van der Waals surface area contributed by atoms with Gasteiger partial charge in [-0.2, -0.15) is 0 Å². The number of nitrogens with zero attached hydrogens (tertiary/aromatic N) is 3. The molecular weight excluding hydrogens is 401 g/mol. The van der Waals surface area contributed by atoms with Gasteiger partial charge in [-0.1, -0.05) is 13.3 Å². The van der Waals surface area contributed by atoms with Crippen molar-refractivity contribution >= 4 is 35.8 Å². The Morgan fingerprint density at radius 3 is 2.61 bits per heavy atom. The van der Waals surface area contributed by atoms with Gasteiger partial charge in [-0.3, -0.25) is 4.99 Å². The lowest BCUT2D eigenvalue weighted by atomic mass is 9.67. The SMILES string of the molecule is CCC1(CNC(=NC)NCc2ccnc(N(C)C)c2)CCC1.I. The summed E-state index contributed by atoms with van der Waals surface area (Å²) in [5, 5.41) is 6.87. The second-order valence-corrected chi connectivity index (χ2v) is 6.40. The fourth-order valence-electron chi connectivity index (χ4n) is 2.82. The summed E-state index contributed by atoms with van der Waals surface area (Å²) in [6.07, 6.45) is 7.14. The first-order valence-electron chi connectivity index (χ1n) is 8.15. The number of anilines is 1. The Morgan fingerprint density at radius 2 is 2.09 bits per heavy atom. The molecule has 0 unspecified atom stereocenters. The third kappa shape index (κ3) is 5.51. The first kappa shape index (κ1) is 20.0. The Morgan fingerprint density at radius 1 is 1.35 bits per heavy atom. The van der Waals surface area contributed by atoms with Gasteiger partial charge in [0.2, 0.25) is 0 Å². The van der Waals surface area contributed by atoms with E-state index in [0.717, 1.165) is 24.9 Å². The van der Waals surface area contributed by atoms with E-state index in [1.165, 1.54) is 31.2 Å². The number of nitrogens with one attached hydrogen (secondary N) is 2. The highest BCUT2D eigenvalue weighted by molar-refractivity contribution is 14.0. The van der Waals surface area contributed by atoms with Crippen LogP contribution in [0.1, 0.15) is 38.2 Å². The predicted molar refractivity (Wildman–Crippen MR) is 109 cm³/mol. The molecular formula is C17H30IN5. The van der Waals surface area contributed by atoms with Crippen LogP contribution in [0.4, 0.5) is 5.82 Å². The zero-order valence-electron chi connectivity index (χ0n) is 14.7. The third-order valence-corrected chi connectivity index (χ3v) is 4.75. The average Bonchev–Trinajstić information content (AvgIpc) is 2.49. The van der Waals surface area contributed by atoms with Gasteiger partial charge in [-0.05, 0) is 42.4 Å². The molecule has 5 nitrogen and oxygen atoms in total. The molecule has 1 heterocycles. The molecule has 0 radical (unpaired) electrons. The summed E-state index contributed by atoms with van der Waals surface area (Å²) in [6.45, 7) is 4.06. The van der Waals surface area contributed by atoms with Gasteiger partial charge in [0.25, 0.3) is 0 Å². The van der Waals surface area contributed by atoms with Gasteiger partial charge in [-0.15, -0.1) is 24.0 Å². The standard InChI is InChI=1S/C17H29N5.HI/c1-5-17(8-6-9-17)13-21-16(18-2)20-12-14-7-10-19-15(11-14)22(3)4;/h7,10-11H,5-6,8-9,12-13H2,1-4H3,(H2,18,20,21);1H. The highest BCUT2D eigenvalue weighted by atomic mass is 127. The van der Waals surface area contributed by atoms with Crippen molar-refractivity contribution in [3.63, 3.8) is 0 Å². The summed E-state index contributed by atoms with van der Waals surface area (Å²) >= 11 is 0. The summed E-state index contributed by atoms with van der Waals surface area (Å²) in [7, 11) is 5.83. The van der Waals surface area contributed by atoms with Gasteiger partial charge in [0.05, 0.1) is 0 Å². The second-order valence-electron chi connectivity index (χ2n) is 6.40. The minimum Gasteiger partial charge on any atom is -0.363 e. The number of guanidine groups is 1. The van der Waals surface area contributed by atoms with Crippen molar-refractivity contribution in [1.82, 2.24) is 15.6 Å². The van der Waals surface area contributed by atoms with E-state index in [9.17, 15) is 0 Å². The molecule has 1 fully saturated rings. The van der Waals surface area contributed by atoms with Crippen LogP contribution in [0.3, 0.4) is 0 Å². The smallest absolute Gasteiger partial charge is 0.191 e.